The van der Waals surface area contributed by atoms with Crippen LogP contribution < -0.4 is 10.6 Å². The van der Waals surface area contributed by atoms with Crippen LogP contribution in [-0.2, 0) is 16.0 Å². The molecule has 0 unspecified atom stereocenters. The number of thiophene rings is 1. The van der Waals surface area contributed by atoms with E-state index in [2.05, 4.69) is 16.7 Å². The predicted octanol–water partition coefficient (Wildman–Crippen LogP) is 2.70. The summed E-state index contributed by atoms with van der Waals surface area (Å²) in [6.45, 7) is 0.976. The number of hydrogen-bond acceptors (Lipinski definition) is 5. The van der Waals surface area contributed by atoms with E-state index in [0.29, 0.717) is 6.54 Å². The maximum Gasteiger partial charge on any atom is 0.238 e. The fourth-order valence-corrected chi connectivity index (χ4v) is 3.58. The molecule has 2 amide bonds. The zero-order valence-electron chi connectivity index (χ0n) is 14.5. The first-order valence-electron chi connectivity index (χ1n) is 7.99. The van der Waals surface area contributed by atoms with Crippen LogP contribution in [0.15, 0.2) is 46.7 Å². The van der Waals surface area contributed by atoms with E-state index < -0.39 is 0 Å². The Kier molecular flexibility index (Phi) is 7.97. The van der Waals surface area contributed by atoms with Gasteiger partial charge in [-0.25, -0.2) is 0 Å². The normalized spacial score (nSPS) is 10.7. The van der Waals surface area contributed by atoms with Crippen molar-refractivity contribution in [2.45, 2.75) is 11.3 Å². The Morgan fingerprint density at radius 2 is 1.88 bits per heavy atom. The van der Waals surface area contributed by atoms with Crippen LogP contribution in [0.25, 0.3) is 0 Å². The van der Waals surface area contributed by atoms with Gasteiger partial charge in [0.1, 0.15) is 0 Å². The number of carbonyl (C=O) groups is 2. The molecule has 0 atom stereocenters. The topological polar surface area (TPSA) is 61.4 Å². The highest BCUT2D eigenvalue weighted by Crippen LogP contribution is 2.24. The molecule has 2 aromatic rings. The monoisotopic (exact) mass is 377 g/mol. The Bertz CT molecular complexity index is 689. The average molecular weight is 378 g/mol. The predicted molar refractivity (Wildman–Crippen MR) is 105 cm³/mol. The molecule has 134 valence electrons. The maximum absolute atomic E-state index is 12.1. The molecular formula is C18H23N3O2S2. The fourth-order valence-electron chi connectivity index (χ4n) is 2.32. The van der Waals surface area contributed by atoms with Crippen molar-refractivity contribution in [1.82, 2.24) is 10.2 Å². The van der Waals surface area contributed by atoms with Crippen LogP contribution in [0.4, 0.5) is 5.69 Å². The van der Waals surface area contributed by atoms with Gasteiger partial charge in [-0.2, -0.15) is 0 Å². The van der Waals surface area contributed by atoms with Gasteiger partial charge in [0.25, 0.3) is 0 Å². The Hall–Kier alpha value is -1.83. The number of para-hydroxylation sites is 1. The third-order valence-corrected chi connectivity index (χ3v) is 5.21. The first kappa shape index (κ1) is 19.5. The standard InChI is InChI=1S/C18H23N3O2S2/c1-21(12-17(22)19-10-9-14-6-5-11-25-14)13-18(23)20-15-7-3-4-8-16(15)24-2/h3-8,11H,9-10,12-13H2,1-2H3,(H,19,22)(H,20,23). The third kappa shape index (κ3) is 6.89. The van der Waals surface area contributed by atoms with E-state index in [-0.39, 0.29) is 24.9 Å². The number of thioether (sulfide) groups is 1. The van der Waals surface area contributed by atoms with E-state index in [1.165, 1.54) is 4.88 Å². The van der Waals surface area contributed by atoms with Crippen LogP contribution in [-0.4, -0.2) is 49.7 Å². The first-order valence-corrected chi connectivity index (χ1v) is 10.1. The van der Waals surface area contributed by atoms with Crippen molar-refractivity contribution in [3.63, 3.8) is 0 Å². The lowest BCUT2D eigenvalue weighted by Gasteiger charge is -2.16. The number of hydrogen-bond donors (Lipinski definition) is 2. The lowest BCUT2D eigenvalue weighted by molar-refractivity contribution is -0.122. The summed E-state index contributed by atoms with van der Waals surface area (Å²) in [6.07, 6.45) is 2.80. The van der Waals surface area contributed by atoms with Gasteiger partial charge in [-0.05, 0) is 43.3 Å². The number of nitrogens with one attached hydrogen (secondary N) is 2. The number of likely N-dealkylation sites (N-methyl/N-ethyl adjacent to an activating group) is 1. The third-order valence-electron chi connectivity index (χ3n) is 3.48. The molecule has 0 radical (unpaired) electrons. The minimum absolute atomic E-state index is 0.0728. The minimum atomic E-state index is -0.129. The second-order valence-electron chi connectivity index (χ2n) is 5.60. The Morgan fingerprint density at radius 1 is 1.12 bits per heavy atom. The van der Waals surface area contributed by atoms with Crippen molar-refractivity contribution >= 4 is 40.6 Å². The van der Waals surface area contributed by atoms with Gasteiger partial charge >= 0.3 is 0 Å². The smallest absolute Gasteiger partial charge is 0.238 e. The van der Waals surface area contributed by atoms with Crippen LogP contribution in [0.1, 0.15) is 4.88 Å². The summed E-state index contributed by atoms with van der Waals surface area (Å²) in [6, 6.07) is 11.7. The van der Waals surface area contributed by atoms with Crippen molar-refractivity contribution < 1.29 is 9.59 Å². The van der Waals surface area contributed by atoms with Crippen LogP contribution >= 0.6 is 23.1 Å². The molecule has 0 saturated heterocycles. The SMILES string of the molecule is CSc1ccccc1NC(=O)CN(C)CC(=O)NCCc1cccs1. The average Bonchev–Trinajstić information content (AvgIpc) is 3.08. The summed E-state index contributed by atoms with van der Waals surface area (Å²) in [5.41, 5.74) is 0.800. The van der Waals surface area contributed by atoms with Crippen LogP contribution in [0, 0.1) is 0 Å². The molecule has 2 N–H and O–H groups in total. The largest absolute Gasteiger partial charge is 0.355 e. The molecular weight excluding hydrogens is 354 g/mol. The van der Waals surface area contributed by atoms with E-state index in [0.717, 1.165) is 17.0 Å². The van der Waals surface area contributed by atoms with Gasteiger partial charge in [-0.3, -0.25) is 14.5 Å². The molecule has 1 aromatic heterocycles. The molecule has 7 heteroatoms. The van der Waals surface area contributed by atoms with E-state index >= 15 is 0 Å². The minimum Gasteiger partial charge on any atom is -0.355 e. The summed E-state index contributed by atoms with van der Waals surface area (Å²) >= 11 is 3.27. The van der Waals surface area contributed by atoms with Crippen molar-refractivity contribution in [3.8, 4) is 0 Å². The number of anilines is 1. The number of benzene rings is 1. The molecule has 5 nitrogen and oxygen atoms in total. The molecule has 0 saturated carbocycles. The van der Waals surface area contributed by atoms with Gasteiger partial charge < -0.3 is 10.6 Å². The number of rotatable bonds is 9. The Morgan fingerprint density at radius 3 is 2.60 bits per heavy atom. The van der Waals surface area contributed by atoms with E-state index in [1.54, 1.807) is 35.0 Å². The summed E-state index contributed by atoms with van der Waals surface area (Å²) in [5.74, 6) is -0.202. The lowest BCUT2D eigenvalue weighted by Crippen LogP contribution is -2.39. The molecule has 0 aliphatic rings. The zero-order chi connectivity index (χ0) is 18.1. The van der Waals surface area contributed by atoms with Gasteiger partial charge in [0.05, 0.1) is 18.8 Å². The Balaban J connectivity index is 1.70. The van der Waals surface area contributed by atoms with Crippen molar-refractivity contribution in [2.75, 3.05) is 38.3 Å². The maximum atomic E-state index is 12.1. The van der Waals surface area contributed by atoms with Crippen LogP contribution in [0.5, 0.6) is 0 Å². The van der Waals surface area contributed by atoms with Crippen LogP contribution in [0.3, 0.4) is 0 Å². The second kappa shape index (κ2) is 10.2. The van der Waals surface area contributed by atoms with E-state index in [1.807, 2.05) is 42.0 Å². The molecule has 2 rings (SSSR count). The number of amides is 2. The van der Waals surface area contributed by atoms with Crippen molar-refractivity contribution in [2.24, 2.45) is 0 Å². The highest BCUT2D eigenvalue weighted by molar-refractivity contribution is 7.98. The lowest BCUT2D eigenvalue weighted by atomic mass is 10.3. The van der Waals surface area contributed by atoms with Gasteiger partial charge in [-0.15, -0.1) is 23.1 Å². The van der Waals surface area contributed by atoms with Gasteiger partial charge in [0, 0.05) is 16.3 Å². The van der Waals surface area contributed by atoms with Crippen molar-refractivity contribution in [1.29, 1.82) is 0 Å². The quantitative estimate of drug-likeness (QED) is 0.660. The zero-order valence-corrected chi connectivity index (χ0v) is 16.1. The summed E-state index contributed by atoms with van der Waals surface area (Å²) < 4.78 is 0. The number of nitrogens with zero attached hydrogens (tertiary/aromatic N) is 1. The first-order chi connectivity index (χ1) is 12.1. The fraction of sp³-hybridized carbons (Fsp3) is 0.333. The van der Waals surface area contributed by atoms with Gasteiger partial charge in [0.15, 0.2) is 0 Å². The molecule has 0 aliphatic heterocycles. The van der Waals surface area contributed by atoms with E-state index in [9.17, 15) is 9.59 Å². The van der Waals surface area contributed by atoms with Gasteiger partial charge in [0.2, 0.25) is 11.8 Å². The summed E-state index contributed by atoms with van der Waals surface area (Å²) in [4.78, 5) is 28.1. The van der Waals surface area contributed by atoms with E-state index in [4.69, 9.17) is 0 Å². The Labute approximate surface area is 156 Å². The van der Waals surface area contributed by atoms with Gasteiger partial charge in [-0.1, -0.05) is 18.2 Å². The second-order valence-corrected chi connectivity index (χ2v) is 7.48. The molecule has 1 heterocycles. The van der Waals surface area contributed by atoms with Crippen LogP contribution in [0.2, 0.25) is 0 Å². The molecule has 0 bridgehead atoms. The molecule has 1 aromatic carbocycles. The van der Waals surface area contributed by atoms with Crippen molar-refractivity contribution in [3.05, 3.63) is 46.7 Å². The molecule has 0 spiro atoms. The highest BCUT2D eigenvalue weighted by atomic mass is 32.2. The summed E-state index contributed by atoms with van der Waals surface area (Å²) in [7, 11) is 1.76. The number of carbonyl (C=O) groups excluding carboxylic acids is 2. The molecule has 0 fully saturated rings. The highest BCUT2D eigenvalue weighted by Gasteiger charge is 2.12. The molecule has 25 heavy (non-hydrogen) atoms. The molecule has 0 aliphatic carbocycles. The summed E-state index contributed by atoms with van der Waals surface area (Å²) in [5, 5.41) is 7.81.